The Morgan fingerprint density at radius 2 is 1.96 bits per heavy atom. The Morgan fingerprint density at radius 1 is 1.17 bits per heavy atom. The van der Waals surface area contributed by atoms with Crippen molar-refractivity contribution >= 4 is 22.6 Å². The van der Waals surface area contributed by atoms with Gasteiger partial charge in [-0.2, -0.15) is 0 Å². The van der Waals surface area contributed by atoms with E-state index in [9.17, 15) is 4.79 Å². The van der Waals surface area contributed by atoms with E-state index < -0.39 is 0 Å². The van der Waals surface area contributed by atoms with Gasteiger partial charge in [-0.1, -0.05) is 31.2 Å². The molecular weight excluding hydrogens is 290 g/mol. The highest BCUT2D eigenvalue weighted by Crippen LogP contribution is 2.24. The van der Waals surface area contributed by atoms with Crippen LogP contribution in [0.15, 0.2) is 54.9 Å². The second-order valence-corrected chi connectivity index (χ2v) is 5.25. The Labute approximate surface area is 134 Å². The fourth-order valence-electron chi connectivity index (χ4n) is 2.39. The average molecular weight is 309 g/mol. The molecular formula is C18H19N3O2. The average Bonchev–Trinajstić information content (AvgIpc) is 2.97. The number of hydrogen-bond acceptors (Lipinski definition) is 3. The molecule has 1 aromatic heterocycles. The van der Waals surface area contributed by atoms with Crippen molar-refractivity contribution in [2.45, 2.75) is 19.9 Å². The Bertz CT molecular complexity index is 811. The molecule has 0 spiro atoms. The molecule has 0 saturated heterocycles. The minimum atomic E-state index is -0.110. The fraction of sp³-hybridized carbons (Fsp3) is 0.222. The van der Waals surface area contributed by atoms with Gasteiger partial charge in [0.05, 0.1) is 29.7 Å². The van der Waals surface area contributed by atoms with Gasteiger partial charge in [0.15, 0.2) is 0 Å². The normalized spacial score (nSPS) is 10.7. The molecule has 0 saturated carbocycles. The first kappa shape index (κ1) is 15.1. The molecule has 2 aromatic carbocycles. The maximum Gasteiger partial charge on any atom is 0.244 e. The smallest absolute Gasteiger partial charge is 0.244 e. The summed E-state index contributed by atoms with van der Waals surface area (Å²) in [5.74, 6) is 0.582. The molecule has 0 aliphatic rings. The van der Waals surface area contributed by atoms with Crippen LogP contribution in [0.2, 0.25) is 0 Å². The van der Waals surface area contributed by atoms with E-state index in [0.717, 1.165) is 17.5 Å². The first-order valence-corrected chi connectivity index (χ1v) is 7.69. The van der Waals surface area contributed by atoms with Crippen molar-refractivity contribution in [2.75, 3.05) is 11.9 Å². The number of para-hydroxylation sites is 4. The molecule has 1 amide bonds. The van der Waals surface area contributed by atoms with Crippen LogP contribution in [0.4, 0.5) is 5.69 Å². The number of nitrogens with one attached hydrogen (secondary N) is 1. The highest BCUT2D eigenvalue weighted by molar-refractivity contribution is 5.93. The number of ether oxygens (including phenoxy) is 1. The van der Waals surface area contributed by atoms with Crippen LogP contribution in [0, 0.1) is 0 Å². The van der Waals surface area contributed by atoms with Crippen LogP contribution in [0.5, 0.6) is 5.75 Å². The Balaban J connectivity index is 1.72. The van der Waals surface area contributed by atoms with Crippen molar-refractivity contribution in [1.29, 1.82) is 0 Å². The van der Waals surface area contributed by atoms with E-state index in [0.29, 0.717) is 18.0 Å². The number of imidazole rings is 1. The summed E-state index contributed by atoms with van der Waals surface area (Å²) in [6.45, 7) is 2.88. The maximum atomic E-state index is 12.3. The standard InChI is InChI=1S/C18H19N3O2/c1-2-11-23-17-10-6-4-8-15(17)20-18(22)12-21-13-19-14-7-3-5-9-16(14)21/h3-10,13H,2,11-12H2,1H3,(H,20,22). The molecule has 0 unspecified atom stereocenters. The van der Waals surface area contributed by atoms with Gasteiger partial charge in [0, 0.05) is 0 Å². The van der Waals surface area contributed by atoms with Gasteiger partial charge in [-0.3, -0.25) is 4.79 Å². The maximum absolute atomic E-state index is 12.3. The highest BCUT2D eigenvalue weighted by Gasteiger charge is 2.10. The zero-order chi connectivity index (χ0) is 16.1. The van der Waals surface area contributed by atoms with Crippen molar-refractivity contribution in [2.24, 2.45) is 0 Å². The summed E-state index contributed by atoms with van der Waals surface area (Å²) in [4.78, 5) is 16.6. The molecule has 1 heterocycles. The number of carbonyl (C=O) groups excluding carboxylic acids is 1. The Morgan fingerprint density at radius 3 is 2.83 bits per heavy atom. The topological polar surface area (TPSA) is 56.1 Å². The number of aromatic nitrogens is 2. The minimum absolute atomic E-state index is 0.110. The van der Waals surface area contributed by atoms with Crippen molar-refractivity contribution in [3.05, 3.63) is 54.9 Å². The van der Waals surface area contributed by atoms with Crippen molar-refractivity contribution in [3.63, 3.8) is 0 Å². The predicted molar refractivity (Wildman–Crippen MR) is 90.6 cm³/mol. The third-order valence-electron chi connectivity index (χ3n) is 3.46. The highest BCUT2D eigenvalue weighted by atomic mass is 16.5. The van der Waals surface area contributed by atoms with Gasteiger partial charge in [0.2, 0.25) is 5.91 Å². The van der Waals surface area contributed by atoms with Crippen LogP contribution in [-0.4, -0.2) is 22.1 Å². The van der Waals surface area contributed by atoms with E-state index in [1.54, 1.807) is 6.33 Å². The molecule has 0 aliphatic heterocycles. The third kappa shape index (κ3) is 3.51. The minimum Gasteiger partial charge on any atom is -0.491 e. The third-order valence-corrected chi connectivity index (χ3v) is 3.46. The van der Waals surface area contributed by atoms with Crippen molar-refractivity contribution in [1.82, 2.24) is 9.55 Å². The molecule has 5 nitrogen and oxygen atoms in total. The number of fused-ring (bicyclic) bond motifs is 1. The first-order chi connectivity index (χ1) is 11.3. The molecule has 118 valence electrons. The zero-order valence-electron chi connectivity index (χ0n) is 13.0. The lowest BCUT2D eigenvalue weighted by Gasteiger charge is -2.12. The van der Waals surface area contributed by atoms with E-state index in [1.165, 1.54) is 0 Å². The van der Waals surface area contributed by atoms with Gasteiger partial charge >= 0.3 is 0 Å². The number of nitrogens with zero attached hydrogens (tertiary/aromatic N) is 2. The molecule has 0 aliphatic carbocycles. The number of hydrogen-bond donors (Lipinski definition) is 1. The SMILES string of the molecule is CCCOc1ccccc1NC(=O)Cn1cnc2ccccc21. The van der Waals surface area contributed by atoms with Crippen LogP contribution >= 0.6 is 0 Å². The Hall–Kier alpha value is -2.82. The second-order valence-electron chi connectivity index (χ2n) is 5.25. The van der Waals surface area contributed by atoms with E-state index >= 15 is 0 Å². The van der Waals surface area contributed by atoms with Crippen LogP contribution in [-0.2, 0) is 11.3 Å². The molecule has 0 radical (unpaired) electrons. The molecule has 3 rings (SSSR count). The molecule has 1 N–H and O–H groups in total. The van der Waals surface area contributed by atoms with E-state index in [4.69, 9.17) is 4.74 Å². The second kappa shape index (κ2) is 6.96. The van der Waals surface area contributed by atoms with E-state index in [-0.39, 0.29) is 12.5 Å². The quantitative estimate of drug-likeness (QED) is 0.758. The lowest BCUT2D eigenvalue weighted by molar-refractivity contribution is -0.116. The zero-order valence-corrected chi connectivity index (χ0v) is 13.0. The molecule has 3 aromatic rings. The van der Waals surface area contributed by atoms with Crippen LogP contribution in [0.1, 0.15) is 13.3 Å². The lowest BCUT2D eigenvalue weighted by Crippen LogP contribution is -2.18. The summed E-state index contributed by atoms with van der Waals surface area (Å²) >= 11 is 0. The summed E-state index contributed by atoms with van der Waals surface area (Å²) in [6, 6.07) is 15.2. The molecule has 5 heteroatoms. The largest absolute Gasteiger partial charge is 0.491 e. The van der Waals surface area contributed by atoms with Crippen LogP contribution in [0.3, 0.4) is 0 Å². The van der Waals surface area contributed by atoms with Crippen molar-refractivity contribution < 1.29 is 9.53 Å². The summed E-state index contributed by atoms with van der Waals surface area (Å²) in [5, 5.41) is 2.91. The summed E-state index contributed by atoms with van der Waals surface area (Å²) in [6.07, 6.45) is 2.60. The summed E-state index contributed by atoms with van der Waals surface area (Å²) in [5.41, 5.74) is 2.51. The number of rotatable bonds is 6. The van der Waals surface area contributed by atoms with Gasteiger partial charge < -0.3 is 14.6 Å². The summed E-state index contributed by atoms with van der Waals surface area (Å²) < 4.78 is 7.49. The van der Waals surface area contributed by atoms with E-state index in [2.05, 4.69) is 10.3 Å². The molecule has 0 atom stereocenters. The fourth-order valence-corrected chi connectivity index (χ4v) is 2.39. The molecule has 0 fully saturated rings. The van der Waals surface area contributed by atoms with Crippen molar-refractivity contribution in [3.8, 4) is 5.75 Å². The van der Waals surface area contributed by atoms with Crippen LogP contribution < -0.4 is 10.1 Å². The molecule has 0 bridgehead atoms. The Kier molecular flexibility index (Phi) is 4.57. The van der Waals surface area contributed by atoms with Crippen LogP contribution in [0.25, 0.3) is 11.0 Å². The van der Waals surface area contributed by atoms with Gasteiger partial charge in [-0.25, -0.2) is 4.98 Å². The first-order valence-electron chi connectivity index (χ1n) is 7.69. The monoisotopic (exact) mass is 309 g/mol. The lowest BCUT2D eigenvalue weighted by atomic mass is 10.3. The predicted octanol–water partition coefficient (Wildman–Crippen LogP) is 3.46. The van der Waals surface area contributed by atoms with Gasteiger partial charge in [-0.05, 0) is 30.7 Å². The van der Waals surface area contributed by atoms with Gasteiger partial charge in [0.1, 0.15) is 12.3 Å². The molecule has 23 heavy (non-hydrogen) atoms. The number of anilines is 1. The summed E-state index contributed by atoms with van der Waals surface area (Å²) in [7, 11) is 0. The van der Waals surface area contributed by atoms with Gasteiger partial charge in [-0.15, -0.1) is 0 Å². The number of benzene rings is 2. The number of carbonyl (C=O) groups is 1. The number of amides is 1. The van der Waals surface area contributed by atoms with E-state index in [1.807, 2.05) is 60.0 Å². The van der Waals surface area contributed by atoms with Gasteiger partial charge in [0.25, 0.3) is 0 Å².